The maximum atomic E-state index is 11.9. The van der Waals surface area contributed by atoms with Crippen LogP contribution in [0.5, 0.6) is 0 Å². The molecule has 1 N–H and O–H groups in total. The van der Waals surface area contributed by atoms with Gasteiger partial charge in [0.2, 0.25) is 5.91 Å². The summed E-state index contributed by atoms with van der Waals surface area (Å²) in [6.07, 6.45) is 4.91. The fourth-order valence-corrected chi connectivity index (χ4v) is 3.87. The van der Waals surface area contributed by atoms with Crippen LogP contribution in [0.15, 0.2) is 18.3 Å². The van der Waals surface area contributed by atoms with Gasteiger partial charge < -0.3 is 15.1 Å². The number of pyridine rings is 1. The summed E-state index contributed by atoms with van der Waals surface area (Å²) < 4.78 is 0. The van der Waals surface area contributed by atoms with Gasteiger partial charge in [-0.3, -0.25) is 4.79 Å². The number of hydrogen-bond donors (Lipinski definition) is 1. The largest absolute Gasteiger partial charge is 0.354 e. The molecule has 1 aliphatic heterocycles. The van der Waals surface area contributed by atoms with E-state index >= 15 is 0 Å². The molecule has 140 valence electrons. The van der Waals surface area contributed by atoms with Gasteiger partial charge in [-0.25, -0.2) is 4.98 Å². The summed E-state index contributed by atoms with van der Waals surface area (Å²) in [7, 11) is 0. The van der Waals surface area contributed by atoms with Crippen LogP contribution in [0.3, 0.4) is 0 Å². The molecule has 1 amide bonds. The molecule has 2 rings (SSSR count). The van der Waals surface area contributed by atoms with Gasteiger partial charge in [-0.1, -0.05) is 20.3 Å². The minimum absolute atomic E-state index is 0.138. The molecule has 1 fully saturated rings. The first-order valence-corrected chi connectivity index (χ1v) is 10.6. The zero-order valence-electron chi connectivity index (χ0n) is 15.7. The smallest absolute Gasteiger partial charge is 0.221 e. The fraction of sp³-hybridized carbons (Fsp3) is 0.684. The molecule has 1 saturated heterocycles. The number of thioether (sulfide) groups is 1. The van der Waals surface area contributed by atoms with Crippen LogP contribution in [-0.4, -0.2) is 60.0 Å². The van der Waals surface area contributed by atoms with Gasteiger partial charge >= 0.3 is 0 Å². The van der Waals surface area contributed by atoms with Gasteiger partial charge in [0.25, 0.3) is 0 Å². The second-order valence-electron chi connectivity index (χ2n) is 6.44. The third-order valence-corrected chi connectivity index (χ3v) is 5.63. The Balaban J connectivity index is 1.73. The van der Waals surface area contributed by atoms with Gasteiger partial charge in [-0.2, -0.15) is 11.8 Å². The monoisotopic (exact) mass is 364 g/mol. The van der Waals surface area contributed by atoms with E-state index in [-0.39, 0.29) is 5.91 Å². The van der Waals surface area contributed by atoms with Crippen LogP contribution in [-0.2, 0) is 11.3 Å². The standard InChI is InChI=1S/C19H32N4OS/c1-3-5-13-25-14-7-19(24)21-16-17-6-8-20-18(15-17)23-11-9-22(4-2)10-12-23/h6,8,15H,3-5,7,9-14,16H2,1-2H3,(H,21,24). The van der Waals surface area contributed by atoms with Crippen molar-refractivity contribution < 1.29 is 4.79 Å². The molecule has 0 unspecified atom stereocenters. The maximum Gasteiger partial charge on any atom is 0.221 e. The van der Waals surface area contributed by atoms with Crippen LogP contribution in [0.2, 0.25) is 0 Å². The number of likely N-dealkylation sites (N-methyl/N-ethyl adjacent to an activating group) is 1. The summed E-state index contributed by atoms with van der Waals surface area (Å²) in [6.45, 7) is 10.3. The lowest BCUT2D eigenvalue weighted by molar-refractivity contribution is -0.120. The summed E-state index contributed by atoms with van der Waals surface area (Å²) in [5.74, 6) is 3.23. The minimum atomic E-state index is 0.138. The van der Waals surface area contributed by atoms with E-state index < -0.39 is 0 Å². The van der Waals surface area contributed by atoms with Crippen molar-refractivity contribution in [2.45, 2.75) is 39.7 Å². The first-order valence-electron chi connectivity index (χ1n) is 9.49. The van der Waals surface area contributed by atoms with Crippen molar-refractivity contribution in [3.8, 4) is 0 Å². The Bertz CT molecular complexity index is 518. The Morgan fingerprint density at radius 3 is 2.76 bits per heavy atom. The zero-order valence-corrected chi connectivity index (χ0v) is 16.5. The second-order valence-corrected chi connectivity index (χ2v) is 7.66. The highest BCUT2D eigenvalue weighted by Crippen LogP contribution is 2.15. The molecule has 0 bridgehead atoms. The van der Waals surface area contributed by atoms with Gasteiger partial charge in [0.15, 0.2) is 0 Å². The van der Waals surface area contributed by atoms with Crippen molar-refractivity contribution in [2.24, 2.45) is 0 Å². The number of amides is 1. The molecule has 2 heterocycles. The molecule has 1 aromatic heterocycles. The van der Waals surface area contributed by atoms with Crippen molar-refractivity contribution in [1.29, 1.82) is 0 Å². The van der Waals surface area contributed by atoms with E-state index in [0.717, 1.165) is 55.6 Å². The van der Waals surface area contributed by atoms with Gasteiger partial charge in [-0.05, 0) is 36.4 Å². The molecule has 0 aliphatic carbocycles. The van der Waals surface area contributed by atoms with E-state index in [9.17, 15) is 4.79 Å². The number of aromatic nitrogens is 1. The van der Waals surface area contributed by atoms with E-state index in [4.69, 9.17) is 0 Å². The highest BCUT2D eigenvalue weighted by molar-refractivity contribution is 7.99. The van der Waals surface area contributed by atoms with Gasteiger partial charge in [0, 0.05) is 51.1 Å². The van der Waals surface area contributed by atoms with Crippen molar-refractivity contribution in [3.63, 3.8) is 0 Å². The van der Waals surface area contributed by atoms with Crippen LogP contribution in [0.1, 0.15) is 38.7 Å². The number of hydrogen-bond acceptors (Lipinski definition) is 5. The summed E-state index contributed by atoms with van der Waals surface area (Å²) in [5, 5.41) is 3.03. The molecule has 0 atom stereocenters. The first-order chi connectivity index (χ1) is 12.2. The fourth-order valence-electron chi connectivity index (χ4n) is 2.84. The average molecular weight is 365 g/mol. The minimum Gasteiger partial charge on any atom is -0.354 e. The second kappa shape index (κ2) is 11.4. The molecule has 0 aromatic carbocycles. The first kappa shape index (κ1) is 20.0. The van der Waals surface area contributed by atoms with E-state index in [2.05, 4.69) is 40.0 Å². The lowest BCUT2D eigenvalue weighted by Crippen LogP contribution is -2.46. The van der Waals surface area contributed by atoms with Crippen molar-refractivity contribution in [2.75, 3.05) is 49.1 Å². The Labute approximate surface area is 156 Å². The molecule has 1 aromatic rings. The molecule has 0 saturated carbocycles. The number of carbonyl (C=O) groups is 1. The number of nitrogens with one attached hydrogen (secondary N) is 1. The maximum absolute atomic E-state index is 11.9. The number of carbonyl (C=O) groups excluding carboxylic acids is 1. The highest BCUT2D eigenvalue weighted by atomic mass is 32.2. The summed E-state index contributed by atoms with van der Waals surface area (Å²) in [5.41, 5.74) is 1.12. The quantitative estimate of drug-likeness (QED) is 0.647. The van der Waals surface area contributed by atoms with Crippen LogP contribution in [0.25, 0.3) is 0 Å². The Hall–Kier alpha value is -1.27. The Morgan fingerprint density at radius 1 is 1.24 bits per heavy atom. The van der Waals surface area contributed by atoms with E-state index in [0.29, 0.717) is 13.0 Å². The van der Waals surface area contributed by atoms with Crippen molar-refractivity contribution >= 4 is 23.5 Å². The Morgan fingerprint density at radius 2 is 2.04 bits per heavy atom. The van der Waals surface area contributed by atoms with Gasteiger partial charge in [0.05, 0.1) is 0 Å². The van der Waals surface area contributed by atoms with Gasteiger partial charge in [0.1, 0.15) is 5.82 Å². The molecule has 0 radical (unpaired) electrons. The van der Waals surface area contributed by atoms with Gasteiger partial charge in [-0.15, -0.1) is 0 Å². The number of anilines is 1. The topological polar surface area (TPSA) is 48.5 Å². The molecule has 5 nitrogen and oxygen atoms in total. The molecular formula is C19H32N4OS. The predicted molar refractivity (Wildman–Crippen MR) is 107 cm³/mol. The zero-order chi connectivity index (χ0) is 17.9. The summed E-state index contributed by atoms with van der Waals surface area (Å²) in [6, 6.07) is 4.10. The lowest BCUT2D eigenvalue weighted by Gasteiger charge is -2.34. The van der Waals surface area contributed by atoms with Crippen LogP contribution in [0, 0.1) is 0 Å². The SMILES string of the molecule is CCCCSCCC(=O)NCc1ccnc(N2CCN(CC)CC2)c1. The third-order valence-electron chi connectivity index (χ3n) is 4.56. The summed E-state index contributed by atoms with van der Waals surface area (Å²) >= 11 is 1.87. The number of unbranched alkanes of at least 4 members (excludes halogenated alkanes) is 1. The predicted octanol–water partition coefficient (Wildman–Crippen LogP) is 2.76. The molecule has 25 heavy (non-hydrogen) atoms. The number of rotatable bonds is 10. The molecular weight excluding hydrogens is 332 g/mol. The third kappa shape index (κ3) is 7.24. The number of piperazine rings is 1. The Kier molecular flexibility index (Phi) is 9.11. The van der Waals surface area contributed by atoms with Crippen LogP contribution in [0.4, 0.5) is 5.82 Å². The molecule has 6 heteroatoms. The van der Waals surface area contributed by atoms with Crippen LogP contribution >= 0.6 is 11.8 Å². The van der Waals surface area contributed by atoms with E-state index in [1.165, 1.54) is 12.8 Å². The lowest BCUT2D eigenvalue weighted by atomic mass is 10.2. The van der Waals surface area contributed by atoms with Crippen molar-refractivity contribution in [1.82, 2.24) is 15.2 Å². The summed E-state index contributed by atoms with van der Waals surface area (Å²) in [4.78, 5) is 21.3. The molecule has 0 spiro atoms. The average Bonchev–Trinajstić information content (AvgIpc) is 2.66. The normalized spacial score (nSPS) is 15.4. The van der Waals surface area contributed by atoms with Crippen molar-refractivity contribution in [3.05, 3.63) is 23.9 Å². The highest BCUT2D eigenvalue weighted by Gasteiger charge is 2.16. The molecule has 1 aliphatic rings. The number of nitrogens with zero attached hydrogens (tertiary/aromatic N) is 3. The van der Waals surface area contributed by atoms with E-state index in [1.54, 1.807) is 0 Å². The van der Waals surface area contributed by atoms with E-state index in [1.807, 2.05) is 24.0 Å². The van der Waals surface area contributed by atoms with Crippen LogP contribution < -0.4 is 10.2 Å².